The van der Waals surface area contributed by atoms with Crippen LogP contribution >= 0.6 is 0 Å². The summed E-state index contributed by atoms with van der Waals surface area (Å²) in [4.78, 5) is 14.1. The first-order valence-corrected chi connectivity index (χ1v) is 8.24. The van der Waals surface area contributed by atoms with E-state index >= 15 is 0 Å². The first-order valence-electron chi connectivity index (χ1n) is 8.24. The maximum absolute atomic E-state index is 12.5. The zero-order chi connectivity index (χ0) is 18.9. The molecule has 0 bridgehead atoms. The Morgan fingerprint density at radius 2 is 1.77 bits per heavy atom. The van der Waals surface area contributed by atoms with Crippen LogP contribution in [-0.2, 0) is 6.61 Å². The smallest absolute Gasteiger partial charge is 0.253 e. The number of ether oxygens (including phenoxy) is 1. The van der Waals surface area contributed by atoms with Gasteiger partial charge in [-0.3, -0.25) is 4.79 Å². The van der Waals surface area contributed by atoms with Crippen molar-refractivity contribution >= 4 is 5.91 Å². The Hall–Kier alpha value is -3.32. The summed E-state index contributed by atoms with van der Waals surface area (Å²) in [6.45, 7) is 4.64. The monoisotopic (exact) mass is 352 g/mol. The van der Waals surface area contributed by atoms with Gasteiger partial charge >= 0.3 is 0 Å². The van der Waals surface area contributed by atoms with E-state index in [1.807, 2.05) is 26.0 Å². The fourth-order valence-corrected chi connectivity index (χ4v) is 2.42. The molecule has 1 heterocycles. The molecule has 0 saturated heterocycles. The van der Waals surface area contributed by atoms with Crippen molar-refractivity contribution in [2.75, 3.05) is 13.1 Å². The molecular formula is C19H20N4O3. The Kier molecular flexibility index (Phi) is 6.75. The number of aromatic nitrogens is 1. The molecule has 0 saturated carbocycles. The summed E-state index contributed by atoms with van der Waals surface area (Å²) >= 11 is 0. The second-order valence-electron chi connectivity index (χ2n) is 5.72. The van der Waals surface area contributed by atoms with E-state index in [0.29, 0.717) is 31.0 Å². The van der Waals surface area contributed by atoms with Gasteiger partial charge in [0.1, 0.15) is 18.1 Å². The molecule has 0 fully saturated rings. The lowest BCUT2D eigenvalue weighted by Crippen LogP contribution is -2.32. The van der Waals surface area contributed by atoms with Gasteiger partial charge in [0.25, 0.3) is 5.91 Å². The maximum Gasteiger partial charge on any atom is 0.253 e. The third-order valence-corrected chi connectivity index (χ3v) is 3.94. The lowest BCUT2D eigenvalue weighted by atomic mass is 10.1. The molecule has 0 unspecified atom stereocenters. The van der Waals surface area contributed by atoms with Crippen molar-refractivity contribution in [2.45, 2.75) is 33.3 Å². The number of nitrogens with zero attached hydrogens (tertiary/aromatic N) is 4. The molecule has 1 aromatic carbocycles. The Morgan fingerprint density at radius 1 is 1.15 bits per heavy atom. The quantitative estimate of drug-likeness (QED) is 0.723. The summed E-state index contributed by atoms with van der Waals surface area (Å²) in [5.74, 6) is 1.15. The largest absolute Gasteiger partial charge is 0.489 e. The summed E-state index contributed by atoms with van der Waals surface area (Å²) in [5.41, 5.74) is 2.19. The zero-order valence-electron chi connectivity index (χ0n) is 14.9. The molecule has 0 radical (unpaired) electrons. The second kappa shape index (κ2) is 9.24. The highest BCUT2D eigenvalue weighted by Crippen LogP contribution is 2.18. The van der Waals surface area contributed by atoms with E-state index in [1.165, 1.54) is 4.90 Å². The second-order valence-corrected chi connectivity index (χ2v) is 5.72. The molecular weight excluding hydrogens is 332 g/mol. The molecule has 0 aliphatic heterocycles. The highest BCUT2D eigenvalue weighted by Gasteiger charge is 2.15. The zero-order valence-corrected chi connectivity index (χ0v) is 14.9. The van der Waals surface area contributed by atoms with Crippen LogP contribution < -0.4 is 4.74 Å². The van der Waals surface area contributed by atoms with Crippen molar-refractivity contribution in [2.24, 2.45) is 0 Å². The minimum Gasteiger partial charge on any atom is -0.489 e. The van der Waals surface area contributed by atoms with Crippen LogP contribution in [0.1, 0.15) is 40.2 Å². The highest BCUT2D eigenvalue weighted by molar-refractivity contribution is 5.94. The van der Waals surface area contributed by atoms with Crippen molar-refractivity contribution in [3.8, 4) is 17.9 Å². The predicted molar refractivity (Wildman–Crippen MR) is 93.1 cm³/mol. The molecule has 0 spiro atoms. The molecule has 1 aromatic heterocycles. The Labute approximate surface area is 152 Å². The lowest BCUT2D eigenvalue weighted by Gasteiger charge is -2.20. The minimum atomic E-state index is -0.201. The van der Waals surface area contributed by atoms with Gasteiger partial charge in [0.05, 0.1) is 36.2 Å². The van der Waals surface area contributed by atoms with E-state index in [9.17, 15) is 4.79 Å². The minimum absolute atomic E-state index is 0.201. The van der Waals surface area contributed by atoms with Crippen molar-refractivity contribution in [3.63, 3.8) is 0 Å². The summed E-state index contributed by atoms with van der Waals surface area (Å²) in [6, 6.07) is 10.8. The van der Waals surface area contributed by atoms with Gasteiger partial charge < -0.3 is 14.2 Å². The number of amides is 1. The van der Waals surface area contributed by atoms with Gasteiger partial charge in [-0.05, 0) is 38.1 Å². The van der Waals surface area contributed by atoms with Gasteiger partial charge in [-0.1, -0.05) is 5.16 Å². The first-order chi connectivity index (χ1) is 12.6. The van der Waals surface area contributed by atoms with Crippen LogP contribution in [-0.4, -0.2) is 29.1 Å². The Morgan fingerprint density at radius 3 is 2.27 bits per heavy atom. The predicted octanol–water partition coefficient (Wildman–Crippen LogP) is 3.14. The molecule has 1 amide bonds. The van der Waals surface area contributed by atoms with E-state index in [4.69, 9.17) is 19.8 Å². The Bertz CT molecular complexity index is 790. The average Bonchev–Trinajstić information content (AvgIpc) is 2.98. The van der Waals surface area contributed by atoms with Gasteiger partial charge in [-0.25, -0.2) is 0 Å². The summed E-state index contributed by atoms with van der Waals surface area (Å²) in [7, 11) is 0. The number of hydrogen-bond donors (Lipinski definition) is 0. The van der Waals surface area contributed by atoms with Crippen molar-refractivity contribution < 1.29 is 14.1 Å². The van der Waals surface area contributed by atoms with E-state index in [2.05, 4.69) is 5.16 Å². The molecule has 0 aliphatic carbocycles. The van der Waals surface area contributed by atoms with E-state index in [1.54, 1.807) is 24.3 Å². The number of benzene rings is 1. The van der Waals surface area contributed by atoms with Gasteiger partial charge in [-0.2, -0.15) is 10.5 Å². The lowest BCUT2D eigenvalue weighted by molar-refractivity contribution is 0.0762. The normalized spacial score (nSPS) is 10.0. The average molecular weight is 352 g/mol. The molecule has 7 nitrogen and oxygen atoms in total. The van der Waals surface area contributed by atoms with Crippen LogP contribution in [0.4, 0.5) is 0 Å². The summed E-state index contributed by atoms with van der Waals surface area (Å²) < 4.78 is 10.8. The third kappa shape index (κ3) is 4.84. The number of carbonyl (C=O) groups is 1. The van der Waals surface area contributed by atoms with Crippen LogP contribution in [0.15, 0.2) is 28.8 Å². The van der Waals surface area contributed by atoms with Crippen LogP contribution in [0.5, 0.6) is 5.75 Å². The van der Waals surface area contributed by atoms with Crippen LogP contribution in [0.25, 0.3) is 0 Å². The fourth-order valence-electron chi connectivity index (χ4n) is 2.42. The summed E-state index contributed by atoms with van der Waals surface area (Å²) in [6.07, 6.45) is 0.464. The van der Waals surface area contributed by atoms with Gasteiger partial charge in [0, 0.05) is 18.7 Å². The van der Waals surface area contributed by atoms with Crippen molar-refractivity contribution in [1.82, 2.24) is 10.1 Å². The van der Waals surface area contributed by atoms with Gasteiger partial charge in [-0.15, -0.1) is 0 Å². The summed E-state index contributed by atoms with van der Waals surface area (Å²) in [5, 5.41) is 21.3. The van der Waals surface area contributed by atoms with Gasteiger partial charge in [0.2, 0.25) is 0 Å². The van der Waals surface area contributed by atoms with Crippen LogP contribution in [0.2, 0.25) is 0 Å². The van der Waals surface area contributed by atoms with Gasteiger partial charge in [0.15, 0.2) is 0 Å². The molecule has 2 rings (SSSR count). The van der Waals surface area contributed by atoms with Crippen LogP contribution in [0, 0.1) is 36.5 Å². The molecule has 26 heavy (non-hydrogen) atoms. The number of nitriles is 2. The van der Waals surface area contributed by atoms with Crippen molar-refractivity contribution in [3.05, 3.63) is 46.8 Å². The molecule has 134 valence electrons. The molecule has 7 heteroatoms. The number of rotatable bonds is 8. The highest BCUT2D eigenvalue weighted by atomic mass is 16.5. The third-order valence-electron chi connectivity index (χ3n) is 3.94. The van der Waals surface area contributed by atoms with E-state index in [-0.39, 0.29) is 18.7 Å². The van der Waals surface area contributed by atoms with Crippen molar-refractivity contribution in [1.29, 1.82) is 10.5 Å². The Balaban J connectivity index is 2.01. The van der Waals surface area contributed by atoms with E-state index < -0.39 is 0 Å². The molecule has 0 atom stereocenters. The molecule has 0 N–H and O–H groups in total. The standard InChI is InChI=1S/C19H20N4O3/c1-14-18(15(2)26-22-14)13-25-17-7-5-16(6-8-17)19(24)23(11-3-9-20)12-4-10-21/h5-8H,3-4,11-13H2,1-2H3. The SMILES string of the molecule is Cc1noc(C)c1COc1ccc(C(=O)N(CCC#N)CCC#N)cc1. The molecule has 0 aliphatic rings. The van der Waals surface area contributed by atoms with Crippen LogP contribution in [0.3, 0.4) is 0 Å². The van der Waals surface area contributed by atoms with E-state index in [0.717, 1.165) is 17.0 Å². The number of carbonyl (C=O) groups excluding carboxylic acids is 1. The molecule has 2 aromatic rings. The maximum atomic E-state index is 12.5. The fraction of sp³-hybridized carbons (Fsp3) is 0.368. The topological polar surface area (TPSA) is 103 Å². The number of aryl methyl sites for hydroxylation is 2. The first kappa shape index (κ1) is 19.0. The number of hydrogen-bond acceptors (Lipinski definition) is 6.